The van der Waals surface area contributed by atoms with Gasteiger partial charge in [0.2, 0.25) is 5.91 Å². The maximum absolute atomic E-state index is 11.7. The summed E-state index contributed by atoms with van der Waals surface area (Å²) in [6.45, 7) is 5.69. The second-order valence-electron chi connectivity index (χ2n) is 6.66. The zero-order chi connectivity index (χ0) is 17.8. The number of carbonyl (C=O) groups is 1. The van der Waals surface area contributed by atoms with E-state index in [4.69, 9.17) is 11.6 Å². The summed E-state index contributed by atoms with van der Waals surface area (Å²) in [5.41, 5.74) is 4.36. The van der Waals surface area contributed by atoms with Crippen LogP contribution in [-0.4, -0.2) is 28.3 Å². The molecule has 1 aliphatic rings. The lowest BCUT2D eigenvalue weighted by Crippen LogP contribution is -2.26. The van der Waals surface area contributed by atoms with E-state index < -0.39 is 0 Å². The number of aryl methyl sites for hydroxylation is 1. The van der Waals surface area contributed by atoms with Crippen LogP contribution >= 0.6 is 11.6 Å². The Morgan fingerprint density at radius 1 is 1.28 bits per heavy atom. The van der Waals surface area contributed by atoms with Crippen LogP contribution in [0.15, 0.2) is 24.3 Å². The summed E-state index contributed by atoms with van der Waals surface area (Å²) in [5.74, 6) is 0.173. The van der Waals surface area contributed by atoms with Crippen molar-refractivity contribution in [2.75, 3.05) is 6.54 Å². The van der Waals surface area contributed by atoms with E-state index in [2.05, 4.69) is 22.7 Å². The lowest BCUT2D eigenvalue weighted by Gasteiger charge is -2.07. The molecule has 1 aliphatic carbocycles. The maximum Gasteiger partial charge on any atom is 0.220 e. The third-order valence-electron chi connectivity index (χ3n) is 4.51. The number of hydrogen-bond acceptors (Lipinski definition) is 3. The summed E-state index contributed by atoms with van der Waals surface area (Å²) >= 11 is 5.96. The van der Waals surface area contributed by atoms with Crippen molar-refractivity contribution in [1.82, 2.24) is 20.4 Å². The number of nitrogens with zero attached hydrogens (tertiary/aromatic N) is 2. The van der Waals surface area contributed by atoms with E-state index in [-0.39, 0.29) is 5.91 Å². The molecular weight excluding hydrogens is 336 g/mol. The van der Waals surface area contributed by atoms with Gasteiger partial charge in [0, 0.05) is 35.3 Å². The van der Waals surface area contributed by atoms with Crippen LogP contribution in [0.25, 0.3) is 5.69 Å². The molecule has 0 aliphatic heterocycles. The second kappa shape index (κ2) is 8.02. The Morgan fingerprint density at radius 3 is 2.68 bits per heavy atom. The number of hydrogen-bond donors (Lipinski definition) is 2. The molecule has 6 heteroatoms. The minimum Gasteiger partial charge on any atom is -0.353 e. The topological polar surface area (TPSA) is 59.0 Å². The lowest BCUT2D eigenvalue weighted by atomic mass is 10.2. The standard InChI is InChI=1S/C19H25ClN4O/c1-13-18(12-21-11-3-4-19(25)22-16-7-8-16)14(2)24(23-13)17-9-5-15(20)6-10-17/h5-6,9-10,16,21H,3-4,7-8,11-12H2,1-2H3,(H,22,25). The van der Waals surface area contributed by atoms with Crippen LogP contribution in [-0.2, 0) is 11.3 Å². The second-order valence-corrected chi connectivity index (χ2v) is 7.10. The molecule has 0 bridgehead atoms. The van der Waals surface area contributed by atoms with Gasteiger partial charge in [-0.3, -0.25) is 4.79 Å². The van der Waals surface area contributed by atoms with Gasteiger partial charge in [0.1, 0.15) is 0 Å². The van der Waals surface area contributed by atoms with E-state index in [9.17, 15) is 4.79 Å². The first-order valence-electron chi connectivity index (χ1n) is 8.85. The molecule has 5 nitrogen and oxygen atoms in total. The number of nitrogens with one attached hydrogen (secondary N) is 2. The Balaban J connectivity index is 1.50. The molecular formula is C19H25ClN4O. The van der Waals surface area contributed by atoms with Gasteiger partial charge in [-0.1, -0.05) is 11.6 Å². The zero-order valence-electron chi connectivity index (χ0n) is 14.8. The molecule has 134 valence electrons. The summed E-state index contributed by atoms with van der Waals surface area (Å²) in [6, 6.07) is 8.13. The van der Waals surface area contributed by atoms with E-state index in [0.717, 1.165) is 54.4 Å². The Morgan fingerprint density at radius 2 is 2.00 bits per heavy atom. The number of rotatable bonds is 8. The third kappa shape index (κ3) is 4.83. The smallest absolute Gasteiger partial charge is 0.220 e. The minimum atomic E-state index is 0.173. The number of amides is 1. The van der Waals surface area contributed by atoms with Crippen LogP contribution < -0.4 is 10.6 Å². The molecule has 0 spiro atoms. The van der Waals surface area contributed by atoms with Gasteiger partial charge in [0.05, 0.1) is 11.4 Å². The van der Waals surface area contributed by atoms with E-state index in [1.807, 2.05) is 35.9 Å². The molecule has 1 heterocycles. The van der Waals surface area contributed by atoms with Gasteiger partial charge in [-0.15, -0.1) is 0 Å². The van der Waals surface area contributed by atoms with E-state index in [1.165, 1.54) is 5.56 Å². The van der Waals surface area contributed by atoms with E-state index in [0.29, 0.717) is 12.5 Å². The van der Waals surface area contributed by atoms with Crippen molar-refractivity contribution in [3.8, 4) is 5.69 Å². The van der Waals surface area contributed by atoms with E-state index >= 15 is 0 Å². The fraction of sp³-hybridized carbons (Fsp3) is 0.474. The molecule has 0 unspecified atom stereocenters. The minimum absolute atomic E-state index is 0.173. The molecule has 1 fully saturated rings. The molecule has 2 aromatic rings. The molecule has 0 radical (unpaired) electrons. The van der Waals surface area contributed by atoms with Gasteiger partial charge in [0.15, 0.2) is 0 Å². The van der Waals surface area contributed by atoms with Crippen LogP contribution in [0.4, 0.5) is 0 Å². The van der Waals surface area contributed by atoms with Gasteiger partial charge >= 0.3 is 0 Å². The number of carbonyl (C=O) groups excluding carboxylic acids is 1. The molecule has 3 rings (SSSR count). The molecule has 0 atom stereocenters. The number of halogens is 1. The average Bonchev–Trinajstić information content (AvgIpc) is 3.35. The maximum atomic E-state index is 11.7. The lowest BCUT2D eigenvalue weighted by molar-refractivity contribution is -0.121. The first kappa shape index (κ1) is 18.0. The van der Waals surface area contributed by atoms with Crippen LogP contribution in [0.5, 0.6) is 0 Å². The summed E-state index contributed by atoms with van der Waals surface area (Å²) < 4.78 is 1.95. The van der Waals surface area contributed by atoms with Crippen molar-refractivity contribution < 1.29 is 4.79 Å². The van der Waals surface area contributed by atoms with Crippen molar-refractivity contribution in [2.24, 2.45) is 0 Å². The van der Waals surface area contributed by atoms with Crippen LogP contribution in [0.2, 0.25) is 5.02 Å². The quantitative estimate of drug-likeness (QED) is 0.710. The monoisotopic (exact) mass is 360 g/mol. The normalized spacial score (nSPS) is 13.9. The Hall–Kier alpha value is -1.85. The highest BCUT2D eigenvalue weighted by atomic mass is 35.5. The first-order chi connectivity index (χ1) is 12.0. The summed E-state index contributed by atoms with van der Waals surface area (Å²) in [4.78, 5) is 11.7. The Labute approximate surface area is 153 Å². The van der Waals surface area contributed by atoms with Gasteiger partial charge < -0.3 is 10.6 Å². The van der Waals surface area contributed by atoms with Gasteiger partial charge in [-0.2, -0.15) is 5.10 Å². The molecule has 1 saturated carbocycles. The summed E-state index contributed by atoms with van der Waals surface area (Å²) in [5, 5.41) is 11.8. The molecule has 25 heavy (non-hydrogen) atoms. The number of benzene rings is 1. The Kier molecular flexibility index (Phi) is 5.76. The van der Waals surface area contributed by atoms with Crippen LogP contribution in [0.3, 0.4) is 0 Å². The van der Waals surface area contributed by atoms with Gasteiger partial charge in [-0.05, 0) is 63.9 Å². The highest BCUT2D eigenvalue weighted by Gasteiger charge is 2.22. The molecule has 1 amide bonds. The SMILES string of the molecule is Cc1nn(-c2ccc(Cl)cc2)c(C)c1CNCCCC(=O)NC1CC1. The first-order valence-corrected chi connectivity index (χ1v) is 9.23. The van der Waals surface area contributed by atoms with Crippen LogP contribution in [0.1, 0.15) is 42.6 Å². The molecule has 2 N–H and O–H groups in total. The van der Waals surface area contributed by atoms with Gasteiger partial charge in [-0.25, -0.2) is 4.68 Å². The van der Waals surface area contributed by atoms with Crippen molar-refractivity contribution in [2.45, 2.75) is 52.1 Å². The molecule has 0 saturated heterocycles. The fourth-order valence-electron chi connectivity index (χ4n) is 2.88. The summed E-state index contributed by atoms with van der Waals surface area (Å²) in [7, 11) is 0. The number of aromatic nitrogens is 2. The summed E-state index contributed by atoms with van der Waals surface area (Å²) in [6.07, 6.45) is 3.72. The zero-order valence-corrected chi connectivity index (χ0v) is 15.6. The largest absolute Gasteiger partial charge is 0.353 e. The van der Waals surface area contributed by atoms with Gasteiger partial charge in [0.25, 0.3) is 0 Å². The predicted octanol–water partition coefficient (Wildman–Crippen LogP) is 3.29. The average molecular weight is 361 g/mol. The van der Waals surface area contributed by atoms with Crippen molar-refractivity contribution in [3.05, 3.63) is 46.2 Å². The van der Waals surface area contributed by atoms with Crippen LogP contribution in [0, 0.1) is 13.8 Å². The van der Waals surface area contributed by atoms with Crippen molar-refractivity contribution in [3.63, 3.8) is 0 Å². The highest BCUT2D eigenvalue weighted by Crippen LogP contribution is 2.20. The fourth-order valence-corrected chi connectivity index (χ4v) is 3.01. The van der Waals surface area contributed by atoms with E-state index in [1.54, 1.807) is 0 Å². The Bertz CT molecular complexity index is 735. The highest BCUT2D eigenvalue weighted by molar-refractivity contribution is 6.30. The molecule has 1 aromatic heterocycles. The van der Waals surface area contributed by atoms with Crippen molar-refractivity contribution in [1.29, 1.82) is 0 Å². The molecule has 1 aromatic carbocycles. The predicted molar refractivity (Wildman–Crippen MR) is 100 cm³/mol. The van der Waals surface area contributed by atoms with Crippen molar-refractivity contribution >= 4 is 17.5 Å². The third-order valence-corrected chi connectivity index (χ3v) is 4.77.